The number of aliphatic carboxylic acids is 1. The van der Waals surface area contributed by atoms with Crippen molar-refractivity contribution in [2.45, 2.75) is 10.3 Å². The molecule has 1 aliphatic rings. The molecule has 2 N–H and O–H groups in total. The molecule has 1 atom stereocenters. The maximum Gasteiger partial charge on any atom is 0.323 e. The Morgan fingerprint density at radius 2 is 2.21 bits per heavy atom. The number of sulfonamides is 1. The Balaban J connectivity index is 0.00000180. The summed E-state index contributed by atoms with van der Waals surface area (Å²) in [7, 11) is -3.73. The zero-order chi connectivity index (χ0) is 13.3. The van der Waals surface area contributed by atoms with E-state index in [1.807, 2.05) is 0 Å². The number of halogens is 2. The summed E-state index contributed by atoms with van der Waals surface area (Å²) in [6.07, 6.45) is 0. The van der Waals surface area contributed by atoms with Crippen LogP contribution < -0.4 is 5.32 Å². The SMILES string of the molecule is Cl.O=C(O)C1CNCCN1S(=O)(=O)c1ccc(Br)s1. The molecular formula is C9H12BrClN2O4S2. The summed E-state index contributed by atoms with van der Waals surface area (Å²) in [4.78, 5) is 11.1. The van der Waals surface area contributed by atoms with Crippen LogP contribution in [0.1, 0.15) is 0 Å². The van der Waals surface area contributed by atoms with Gasteiger partial charge < -0.3 is 10.4 Å². The van der Waals surface area contributed by atoms with Crippen LogP contribution in [0.3, 0.4) is 0 Å². The second-order valence-electron chi connectivity index (χ2n) is 3.73. The zero-order valence-corrected chi connectivity index (χ0v) is 13.6. The first-order chi connectivity index (χ1) is 8.43. The Bertz CT molecular complexity index is 562. The lowest BCUT2D eigenvalue weighted by molar-refractivity contribution is -0.141. The van der Waals surface area contributed by atoms with Gasteiger partial charge in [0, 0.05) is 19.6 Å². The number of nitrogens with zero attached hydrogens (tertiary/aromatic N) is 1. The van der Waals surface area contributed by atoms with Gasteiger partial charge in [0.1, 0.15) is 10.3 Å². The number of nitrogens with one attached hydrogen (secondary N) is 1. The first-order valence-corrected chi connectivity index (χ1v) is 8.18. The highest BCUT2D eigenvalue weighted by Gasteiger charge is 2.38. The average molecular weight is 392 g/mol. The lowest BCUT2D eigenvalue weighted by Crippen LogP contribution is -2.56. The lowest BCUT2D eigenvalue weighted by atomic mass is 10.2. The minimum atomic E-state index is -3.73. The Labute approximate surface area is 129 Å². The average Bonchev–Trinajstić information content (AvgIpc) is 2.76. The van der Waals surface area contributed by atoms with Crippen molar-refractivity contribution < 1.29 is 18.3 Å². The molecule has 6 nitrogen and oxygen atoms in total. The number of piperazine rings is 1. The number of carbonyl (C=O) groups is 1. The van der Waals surface area contributed by atoms with Crippen molar-refractivity contribution in [2.75, 3.05) is 19.6 Å². The summed E-state index contributed by atoms with van der Waals surface area (Å²) in [6.45, 7) is 0.742. The maximum atomic E-state index is 12.3. The second-order valence-corrected chi connectivity index (χ2v) is 8.31. The van der Waals surface area contributed by atoms with Crippen LogP contribution in [0.5, 0.6) is 0 Å². The van der Waals surface area contributed by atoms with E-state index in [0.29, 0.717) is 10.3 Å². The van der Waals surface area contributed by atoms with E-state index in [-0.39, 0.29) is 29.7 Å². The fraction of sp³-hybridized carbons (Fsp3) is 0.444. The van der Waals surface area contributed by atoms with E-state index in [1.165, 1.54) is 6.07 Å². The van der Waals surface area contributed by atoms with Crippen molar-refractivity contribution in [3.8, 4) is 0 Å². The minimum absolute atomic E-state index is 0. The molecular weight excluding hydrogens is 380 g/mol. The summed E-state index contributed by atoms with van der Waals surface area (Å²) in [5.74, 6) is -1.14. The highest BCUT2D eigenvalue weighted by Crippen LogP contribution is 2.29. The minimum Gasteiger partial charge on any atom is -0.480 e. The second kappa shape index (κ2) is 6.51. The molecule has 108 valence electrons. The fourth-order valence-corrected chi connectivity index (χ4v) is 5.46. The maximum absolute atomic E-state index is 12.3. The van der Waals surface area contributed by atoms with Gasteiger partial charge in [0.25, 0.3) is 10.0 Å². The van der Waals surface area contributed by atoms with Gasteiger partial charge in [-0.05, 0) is 28.1 Å². The summed E-state index contributed by atoms with van der Waals surface area (Å²) >= 11 is 4.28. The quantitative estimate of drug-likeness (QED) is 0.802. The lowest BCUT2D eigenvalue weighted by Gasteiger charge is -2.31. The predicted octanol–water partition coefficient (Wildman–Crippen LogP) is 0.980. The predicted molar refractivity (Wildman–Crippen MR) is 77.5 cm³/mol. The van der Waals surface area contributed by atoms with Crippen LogP contribution in [0, 0.1) is 0 Å². The molecule has 0 aliphatic carbocycles. The van der Waals surface area contributed by atoms with Crippen molar-refractivity contribution in [1.29, 1.82) is 0 Å². The van der Waals surface area contributed by atoms with E-state index in [2.05, 4.69) is 21.2 Å². The third-order valence-corrected chi connectivity index (χ3v) is 6.59. The van der Waals surface area contributed by atoms with Crippen LogP contribution in [0.4, 0.5) is 0 Å². The number of carboxylic acid groups (broad SMARTS) is 1. The molecule has 1 aromatic rings. The van der Waals surface area contributed by atoms with Crippen LogP contribution in [-0.4, -0.2) is 49.5 Å². The van der Waals surface area contributed by atoms with Gasteiger partial charge in [-0.25, -0.2) is 8.42 Å². The van der Waals surface area contributed by atoms with Gasteiger partial charge in [-0.3, -0.25) is 4.79 Å². The Hall–Kier alpha value is -0.190. The fourth-order valence-electron chi connectivity index (χ4n) is 1.74. The molecule has 0 saturated carbocycles. The van der Waals surface area contributed by atoms with Gasteiger partial charge in [0.15, 0.2) is 0 Å². The molecule has 1 aliphatic heterocycles. The van der Waals surface area contributed by atoms with Crippen LogP contribution >= 0.6 is 39.7 Å². The third-order valence-electron chi connectivity index (χ3n) is 2.59. The molecule has 0 bridgehead atoms. The standard InChI is InChI=1S/C9H11BrN2O4S2.ClH/c10-7-1-2-8(17-7)18(15,16)12-4-3-11-5-6(12)9(13)14;/h1-2,6,11H,3-5H2,(H,13,14);1H. The highest BCUT2D eigenvalue weighted by atomic mass is 79.9. The van der Waals surface area contributed by atoms with Crippen molar-refractivity contribution >= 4 is 55.7 Å². The Morgan fingerprint density at radius 1 is 1.53 bits per heavy atom. The van der Waals surface area contributed by atoms with Gasteiger partial charge in [0.05, 0.1) is 3.79 Å². The van der Waals surface area contributed by atoms with Crippen LogP contribution in [-0.2, 0) is 14.8 Å². The molecule has 10 heteroatoms. The number of thiophene rings is 1. The summed E-state index contributed by atoms with van der Waals surface area (Å²) < 4.78 is 26.6. The first kappa shape index (κ1) is 16.9. The number of hydrogen-bond acceptors (Lipinski definition) is 5. The normalized spacial score (nSPS) is 20.8. The van der Waals surface area contributed by atoms with E-state index in [1.54, 1.807) is 6.07 Å². The van der Waals surface area contributed by atoms with Gasteiger partial charge in [0.2, 0.25) is 0 Å². The van der Waals surface area contributed by atoms with Gasteiger partial charge in [-0.2, -0.15) is 4.31 Å². The van der Waals surface area contributed by atoms with Gasteiger partial charge in [-0.15, -0.1) is 23.7 Å². The van der Waals surface area contributed by atoms with Gasteiger partial charge in [-0.1, -0.05) is 0 Å². The molecule has 1 saturated heterocycles. The van der Waals surface area contributed by atoms with E-state index in [0.717, 1.165) is 15.6 Å². The van der Waals surface area contributed by atoms with Crippen molar-refractivity contribution in [3.63, 3.8) is 0 Å². The van der Waals surface area contributed by atoms with Gasteiger partial charge >= 0.3 is 5.97 Å². The van der Waals surface area contributed by atoms with E-state index >= 15 is 0 Å². The smallest absolute Gasteiger partial charge is 0.323 e. The highest BCUT2D eigenvalue weighted by molar-refractivity contribution is 9.11. The van der Waals surface area contributed by atoms with Crippen molar-refractivity contribution in [3.05, 3.63) is 15.9 Å². The molecule has 2 heterocycles. The molecule has 19 heavy (non-hydrogen) atoms. The molecule has 0 amide bonds. The Kier molecular flexibility index (Phi) is 5.78. The zero-order valence-electron chi connectivity index (χ0n) is 9.58. The third kappa shape index (κ3) is 3.47. The van der Waals surface area contributed by atoms with Crippen LogP contribution in [0.2, 0.25) is 0 Å². The molecule has 1 aromatic heterocycles. The number of rotatable bonds is 3. The molecule has 1 fully saturated rings. The van der Waals surface area contributed by atoms with E-state index in [4.69, 9.17) is 5.11 Å². The number of hydrogen-bond donors (Lipinski definition) is 2. The van der Waals surface area contributed by atoms with Crippen LogP contribution in [0.25, 0.3) is 0 Å². The van der Waals surface area contributed by atoms with Crippen molar-refractivity contribution in [2.24, 2.45) is 0 Å². The first-order valence-electron chi connectivity index (χ1n) is 5.13. The van der Waals surface area contributed by atoms with Crippen molar-refractivity contribution in [1.82, 2.24) is 9.62 Å². The summed E-state index contributed by atoms with van der Waals surface area (Å²) in [5.41, 5.74) is 0. The molecule has 0 radical (unpaired) electrons. The molecule has 1 unspecified atom stereocenters. The molecule has 0 aromatic carbocycles. The summed E-state index contributed by atoms with van der Waals surface area (Å²) in [5, 5.41) is 12.0. The van der Waals surface area contributed by atoms with E-state index < -0.39 is 22.0 Å². The largest absolute Gasteiger partial charge is 0.480 e. The topological polar surface area (TPSA) is 86.7 Å². The molecule has 0 spiro atoms. The monoisotopic (exact) mass is 390 g/mol. The van der Waals surface area contributed by atoms with E-state index in [9.17, 15) is 13.2 Å². The Morgan fingerprint density at radius 3 is 2.74 bits per heavy atom. The number of carboxylic acids is 1. The summed E-state index contributed by atoms with van der Waals surface area (Å²) in [6, 6.07) is 2.06. The molecule has 2 rings (SSSR count). The van der Waals surface area contributed by atoms with Crippen LogP contribution in [0.15, 0.2) is 20.1 Å².